The zero-order valence-electron chi connectivity index (χ0n) is 6.72. The molecule has 2 N–H and O–H groups in total. The van der Waals surface area contributed by atoms with E-state index in [4.69, 9.17) is 0 Å². The molecule has 0 aromatic heterocycles. The Labute approximate surface area is 62.7 Å². The Morgan fingerprint density at radius 1 is 1.00 bits per heavy atom. The minimum Gasteiger partial charge on any atom is -0.309 e. The summed E-state index contributed by atoms with van der Waals surface area (Å²) in [6, 6.07) is 1.15. The van der Waals surface area contributed by atoms with E-state index in [-0.39, 0.29) is 0 Å². The fourth-order valence-corrected chi connectivity index (χ4v) is 1.03. The maximum Gasteiger partial charge on any atom is 0.0193 e. The first-order chi connectivity index (χ1) is 4.80. The van der Waals surface area contributed by atoms with E-state index in [9.17, 15) is 0 Å². The lowest BCUT2D eigenvalue weighted by Crippen LogP contribution is -2.45. The molecule has 1 rings (SSSR count). The molecule has 0 aromatic carbocycles. The van der Waals surface area contributed by atoms with Crippen molar-refractivity contribution in [2.75, 3.05) is 13.1 Å². The summed E-state index contributed by atoms with van der Waals surface area (Å²) in [7, 11) is 0. The molecule has 2 unspecified atom stereocenters. The quantitative estimate of drug-likeness (QED) is 0.479. The molecule has 2 heteroatoms. The van der Waals surface area contributed by atoms with E-state index in [1.807, 2.05) is 0 Å². The van der Waals surface area contributed by atoms with Crippen LogP contribution in [0, 0.1) is 0 Å². The zero-order chi connectivity index (χ0) is 7.40. The van der Waals surface area contributed by atoms with Crippen molar-refractivity contribution >= 4 is 0 Å². The summed E-state index contributed by atoms with van der Waals surface area (Å²) in [5, 5.41) is 6.77. The van der Waals surface area contributed by atoms with Gasteiger partial charge in [0.25, 0.3) is 0 Å². The standard InChI is InChI=1S/C8H16N2/c1-7-8(2)10-6-4-3-5-9-7/h3-4,7-10H,5-6H2,1-2H3/b4-3-. The van der Waals surface area contributed by atoms with Crippen molar-refractivity contribution < 1.29 is 0 Å². The van der Waals surface area contributed by atoms with Gasteiger partial charge in [0.1, 0.15) is 0 Å². The van der Waals surface area contributed by atoms with Gasteiger partial charge in [-0.15, -0.1) is 0 Å². The fraction of sp³-hybridized carbons (Fsp3) is 0.750. The van der Waals surface area contributed by atoms with Crippen LogP contribution in [0.1, 0.15) is 13.8 Å². The monoisotopic (exact) mass is 140 g/mol. The maximum absolute atomic E-state index is 3.38. The molecule has 58 valence electrons. The van der Waals surface area contributed by atoms with Gasteiger partial charge in [-0.1, -0.05) is 12.2 Å². The molecule has 0 radical (unpaired) electrons. The Bertz CT molecular complexity index is 106. The van der Waals surface area contributed by atoms with Crippen LogP contribution in [0.5, 0.6) is 0 Å². The Kier molecular flexibility index (Phi) is 2.90. The van der Waals surface area contributed by atoms with Gasteiger partial charge in [0.2, 0.25) is 0 Å². The molecule has 0 spiro atoms. The lowest BCUT2D eigenvalue weighted by molar-refractivity contribution is 0.430. The molecule has 0 aliphatic carbocycles. The number of hydrogen-bond donors (Lipinski definition) is 2. The van der Waals surface area contributed by atoms with Gasteiger partial charge in [-0.25, -0.2) is 0 Å². The van der Waals surface area contributed by atoms with Crippen LogP contribution in [0.3, 0.4) is 0 Å². The molecule has 2 atom stereocenters. The normalized spacial score (nSPS) is 38.2. The summed E-state index contributed by atoms with van der Waals surface area (Å²) in [6.07, 6.45) is 4.32. The molecule has 0 aromatic rings. The van der Waals surface area contributed by atoms with Crippen LogP contribution < -0.4 is 10.6 Å². The van der Waals surface area contributed by atoms with Gasteiger partial charge >= 0.3 is 0 Å². The third-order valence-electron chi connectivity index (χ3n) is 2.03. The Morgan fingerprint density at radius 2 is 1.40 bits per heavy atom. The van der Waals surface area contributed by atoms with Crippen molar-refractivity contribution in [1.82, 2.24) is 10.6 Å². The average molecular weight is 140 g/mol. The second-order valence-corrected chi connectivity index (χ2v) is 2.87. The molecule has 1 heterocycles. The third-order valence-corrected chi connectivity index (χ3v) is 2.03. The van der Waals surface area contributed by atoms with Crippen LogP contribution in [0.25, 0.3) is 0 Å². The van der Waals surface area contributed by atoms with Crippen molar-refractivity contribution in [3.63, 3.8) is 0 Å². The molecule has 1 aliphatic heterocycles. The number of rotatable bonds is 0. The second kappa shape index (κ2) is 3.74. The smallest absolute Gasteiger partial charge is 0.0193 e. The average Bonchev–Trinajstić information content (AvgIpc) is 1.92. The summed E-state index contributed by atoms with van der Waals surface area (Å²) in [6.45, 7) is 6.42. The maximum atomic E-state index is 3.38. The van der Waals surface area contributed by atoms with Gasteiger partial charge in [-0.2, -0.15) is 0 Å². The third kappa shape index (κ3) is 2.12. The highest BCUT2D eigenvalue weighted by Gasteiger charge is 2.09. The van der Waals surface area contributed by atoms with Crippen molar-refractivity contribution in [3.8, 4) is 0 Å². The molecular weight excluding hydrogens is 124 g/mol. The predicted molar refractivity (Wildman–Crippen MR) is 44.1 cm³/mol. The molecule has 0 bridgehead atoms. The highest BCUT2D eigenvalue weighted by molar-refractivity contribution is 4.91. The molecule has 0 saturated carbocycles. The highest BCUT2D eigenvalue weighted by atomic mass is 15.0. The van der Waals surface area contributed by atoms with Crippen LogP contribution >= 0.6 is 0 Å². The largest absolute Gasteiger partial charge is 0.309 e. The van der Waals surface area contributed by atoms with E-state index >= 15 is 0 Å². The number of nitrogens with one attached hydrogen (secondary N) is 2. The summed E-state index contributed by atoms with van der Waals surface area (Å²) in [5.74, 6) is 0. The molecule has 0 saturated heterocycles. The summed E-state index contributed by atoms with van der Waals surface area (Å²) >= 11 is 0. The SMILES string of the molecule is CC1NC/C=C\CNC1C. The van der Waals surface area contributed by atoms with E-state index in [2.05, 4.69) is 36.6 Å². The van der Waals surface area contributed by atoms with Gasteiger partial charge in [0.15, 0.2) is 0 Å². The van der Waals surface area contributed by atoms with Gasteiger partial charge in [0.05, 0.1) is 0 Å². The Morgan fingerprint density at radius 3 is 1.80 bits per heavy atom. The van der Waals surface area contributed by atoms with E-state index in [1.165, 1.54) is 0 Å². The molecular formula is C8H16N2. The topological polar surface area (TPSA) is 24.1 Å². The van der Waals surface area contributed by atoms with Crippen molar-refractivity contribution in [1.29, 1.82) is 0 Å². The summed E-state index contributed by atoms with van der Waals surface area (Å²) < 4.78 is 0. The van der Waals surface area contributed by atoms with Crippen molar-refractivity contribution in [3.05, 3.63) is 12.2 Å². The summed E-state index contributed by atoms with van der Waals surface area (Å²) in [5.41, 5.74) is 0. The van der Waals surface area contributed by atoms with E-state index in [0.717, 1.165) is 13.1 Å². The second-order valence-electron chi connectivity index (χ2n) is 2.87. The summed E-state index contributed by atoms with van der Waals surface area (Å²) in [4.78, 5) is 0. The Hall–Kier alpha value is -0.340. The lowest BCUT2D eigenvalue weighted by atomic mass is 10.1. The fourth-order valence-electron chi connectivity index (χ4n) is 1.03. The first-order valence-electron chi connectivity index (χ1n) is 3.92. The molecule has 2 nitrogen and oxygen atoms in total. The van der Waals surface area contributed by atoms with Crippen LogP contribution in [0.2, 0.25) is 0 Å². The first kappa shape index (κ1) is 7.76. The Balaban J connectivity index is 2.40. The highest BCUT2D eigenvalue weighted by Crippen LogP contribution is 1.93. The minimum absolute atomic E-state index is 0.574. The van der Waals surface area contributed by atoms with Gasteiger partial charge in [-0.3, -0.25) is 0 Å². The van der Waals surface area contributed by atoms with Gasteiger partial charge in [-0.05, 0) is 13.8 Å². The van der Waals surface area contributed by atoms with Crippen molar-refractivity contribution in [2.45, 2.75) is 25.9 Å². The number of hydrogen-bond acceptors (Lipinski definition) is 2. The predicted octanol–water partition coefficient (Wildman–Crippen LogP) is 0.512. The molecule has 1 aliphatic rings. The van der Waals surface area contributed by atoms with E-state index in [0.29, 0.717) is 12.1 Å². The molecule has 10 heavy (non-hydrogen) atoms. The van der Waals surface area contributed by atoms with Crippen LogP contribution in [-0.2, 0) is 0 Å². The van der Waals surface area contributed by atoms with E-state index < -0.39 is 0 Å². The zero-order valence-corrected chi connectivity index (χ0v) is 6.72. The molecule has 0 amide bonds. The van der Waals surface area contributed by atoms with Gasteiger partial charge in [0, 0.05) is 25.2 Å². The van der Waals surface area contributed by atoms with E-state index in [1.54, 1.807) is 0 Å². The van der Waals surface area contributed by atoms with Crippen LogP contribution in [-0.4, -0.2) is 25.2 Å². The van der Waals surface area contributed by atoms with Crippen LogP contribution in [0.15, 0.2) is 12.2 Å². The van der Waals surface area contributed by atoms with Crippen molar-refractivity contribution in [2.24, 2.45) is 0 Å². The minimum atomic E-state index is 0.574. The van der Waals surface area contributed by atoms with Gasteiger partial charge < -0.3 is 10.6 Å². The lowest BCUT2D eigenvalue weighted by Gasteiger charge is -2.23. The van der Waals surface area contributed by atoms with Crippen LogP contribution in [0.4, 0.5) is 0 Å². The molecule has 0 fully saturated rings. The first-order valence-corrected chi connectivity index (χ1v) is 3.92.